The van der Waals surface area contributed by atoms with Gasteiger partial charge in [-0.05, 0) is 37.6 Å². The number of amides is 4. The number of urea groups is 1. The Morgan fingerprint density at radius 2 is 1.90 bits per heavy atom. The van der Waals surface area contributed by atoms with E-state index in [1.807, 2.05) is 37.3 Å². The number of unbranched alkanes of at least 4 members (excludes halogenated alkanes) is 1. The maximum Gasteiger partial charge on any atom is 0.325 e. The number of benzene rings is 2. The van der Waals surface area contributed by atoms with Gasteiger partial charge in [-0.25, -0.2) is 4.79 Å². The Balaban J connectivity index is 1.49. The number of para-hydroxylation sites is 1. The summed E-state index contributed by atoms with van der Waals surface area (Å²) in [5.41, 5.74) is 1.14. The van der Waals surface area contributed by atoms with Gasteiger partial charge in [0.2, 0.25) is 5.91 Å². The second kappa shape index (κ2) is 7.24. The van der Waals surface area contributed by atoms with E-state index < -0.39 is 17.5 Å². The molecule has 4 amide bonds. The average molecular weight is 393 g/mol. The molecule has 1 saturated heterocycles. The number of hydrogen-bond acceptors (Lipinski definition) is 4. The lowest BCUT2D eigenvalue weighted by molar-refractivity contribution is -0.133. The fourth-order valence-corrected chi connectivity index (χ4v) is 3.74. The molecular formula is C22H23N3O4. The van der Waals surface area contributed by atoms with Crippen LogP contribution in [0.2, 0.25) is 0 Å². The van der Waals surface area contributed by atoms with Crippen molar-refractivity contribution in [3.05, 3.63) is 42.5 Å². The molecule has 1 aromatic heterocycles. The zero-order valence-electron chi connectivity index (χ0n) is 16.5. The molecule has 0 spiro atoms. The number of fused-ring (bicyclic) bond motifs is 3. The fourth-order valence-electron chi connectivity index (χ4n) is 3.74. The van der Waals surface area contributed by atoms with E-state index in [1.54, 1.807) is 19.1 Å². The van der Waals surface area contributed by atoms with Gasteiger partial charge in [0.05, 0.1) is 0 Å². The van der Waals surface area contributed by atoms with Crippen molar-refractivity contribution in [1.82, 2.24) is 10.2 Å². The summed E-state index contributed by atoms with van der Waals surface area (Å²) < 4.78 is 5.78. The molecule has 29 heavy (non-hydrogen) atoms. The minimum Gasteiger partial charge on any atom is -0.456 e. The topological polar surface area (TPSA) is 91.7 Å². The number of furan rings is 1. The van der Waals surface area contributed by atoms with Crippen molar-refractivity contribution in [3.63, 3.8) is 0 Å². The molecule has 0 aliphatic carbocycles. The Kier molecular flexibility index (Phi) is 4.74. The molecule has 1 atom stereocenters. The first-order valence-corrected chi connectivity index (χ1v) is 9.76. The first kappa shape index (κ1) is 19.0. The summed E-state index contributed by atoms with van der Waals surface area (Å²) in [7, 11) is 0. The molecule has 7 nitrogen and oxygen atoms in total. The number of carbonyl (C=O) groups excluding carboxylic acids is 3. The minimum atomic E-state index is -0.942. The number of nitrogens with one attached hydrogen (secondary N) is 2. The van der Waals surface area contributed by atoms with E-state index in [0.29, 0.717) is 12.1 Å². The predicted molar refractivity (Wildman–Crippen MR) is 111 cm³/mol. The molecule has 2 N–H and O–H groups in total. The zero-order chi connectivity index (χ0) is 20.6. The van der Waals surface area contributed by atoms with E-state index in [0.717, 1.165) is 39.7 Å². The number of anilines is 1. The van der Waals surface area contributed by atoms with E-state index in [-0.39, 0.29) is 12.5 Å². The van der Waals surface area contributed by atoms with Crippen LogP contribution in [0.5, 0.6) is 0 Å². The van der Waals surface area contributed by atoms with E-state index in [4.69, 9.17) is 4.42 Å². The third-order valence-electron chi connectivity index (χ3n) is 5.34. The van der Waals surface area contributed by atoms with E-state index in [9.17, 15) is 14.4 Å². The normalized spacial score (nSPS) is 19.2. The van der Waals surface area contributed by atoms with Crippen molar-refractivity contribution in [2.24, 2.45) is 0 Å². The molecule has 1 aliphatic heterocycles. The molecule has 0 saturated carbocycles. The Hall–Kier alpha value is -3.35. The van der Waals surface area contributed by atoms with Crippen LogP contribution in [0.4, 0.5) is 10.5 Å². The second-order valence-corrected chi connectivity index (χ2v) is 7.61. The number of hydrogen-bond donors (Lipinski definition) is 2. The Morgan fingerprint density at radius 3 is 2.69 bits per heavy atom. The van der Waals surface area contributed by atoms with Crippen molar-refractivity contribution < 1.29 is 18.8 Å². The summed E-state index contributed by atoms with van der Waals surface area (Å²) in [4.78, 5) is 38.4. The van der Waals surface area contributed by atoms with Gasteiger partial charge in [-0.1, -0.05) is 38.0 Å². The van der Waals surface area contributed by atoms with Crippen molar-refractivity contribution in [2.75, 3.05) is 11.9 Å². The summed E-state index contributed by atoms with van der Waals surface area (Å²) in [6, 6.07) is 12.5. The average Bonchev–Trinajstić information content (AvgIpc) is 3.17. The molecule has 1 aliphatic rings. The number of rotatable bonds is 6. The molecule has 2 heterocycles. The highest BCUT2D eigenvalue weighted by Gasteiger charge is 2.47. The lowest BCUT2D eigenvalue weighted by Gasteiger charge is -2.21. The van der Waals surface area contributed by atoms with Gasteiger partial charge in [0.15, 0.2) is 0 Å². The monoisotopic (exact) mass is 393 g/mol. The molecule has 1 fully saturated rings. The van der Waals surface area contributed by atoms with Crippen molar-refractivity contribution in [1.29, 1.82) is 0 Å². The van der Waals surface area contributed by atoms with Crippen molar-refractivity contribution in [3.8, 4) is 0 Å². The SMILES string of the molecule is CCCC[C@@]1(C)NC(=O)N(CC(=O)Nc2ccc3oc4ccccc4c3c2)C1=O. The van der Waals surface area contributed by atoms with Crippen LogP contribution in [-0.4, -0.2) is 34.8 Å². The van der Waals surface area contributed by atoms with E-state index >= 15 is 0 Å². The molecule has 7 heteroatoms. The first-order valence-electron chi connectivity index (χ1n) is 9.76. The highest BCUT2D eigenvalue weighted by atomic mass is 16.3. The van der Waals surface area contributed by atoms with E-state index in [2.05, 4.69) is 10.6 Å². The van der Waals surface area contributed by atoms with Crippen LogP contribution in [0.1, 0.15) is 33.1 Å². The third-order valence-corrected chi connectivity index (χ3v) is 5.34. The summed E-state index contributed by atoms with van der Waals surface area (Å²) in [5.74, 6) is -0.789. The quantitative estimate of drug-likeness (QED) is 0.619. The Bertz CT molecular complexity index is 1120. The molecule has 2 aromatic carbocycles. The number of nitrogens with zero attached hydrogens (tertiary/aromatic N) is 1. The van der Waals surface area contributed by atoms with Gasteiger partial charge in [-0.3, -0.25) is 14.5 Å². The van der Waals surface area contributed by atoms with Crippen LogP contribution in [-0.2, 0) is 9.59 Å². The minimum absolute atomic E-state index is 0.323. The lowest BCUT2D eigenvalue weighted by atomic mass is 9.95. The summed E-state index contributed by atoms with van der Waals surface area (Å²) in [5, 5.41) is 7.34. The van der Waals surface area contributed by atoms with Gasteiger partial charge in [0.1, 0.15) is 23.2 Å². The molecule has 0 unspecified atom stereocenters. The van der Waals surface area contributed by atoms with Crippen LogP contribution in [0.25, 0.3) is 21.9 Å². The van der Waals surface area contributed by atoms with Gasteiger partial charge < -0.3 is 15.1 Å². The van der Waals surface area contributed by atoms with Crippen LogP contribution in [0.15, 0.2) is 46.9 Å². The smallest absolute Gasteiger partial charge is 0.325 e. The van der Waals surface area contributed by atoms with Crippen molar-refractivity contribution >= 4 is 45.5 Å². The summed E-state index contributed by atoms with van der Waals surface area (Å²) in [6.45, 7) is 3.41. The third kappa shape index (κ3) is 3.44. The van der Waals surface area contributed by atoms with Crippen LogP contribution < -0.4 is 10.6 Å². The summed E-state index contributed by atoms with van der Waals surface area (Å²) in [6.07, 6.45) is 2.29. The van der Waals surface area contributed by atoms with E-state index in [1.165, 1.54) is 0 Å². The predicted octanol–water partition coefficient (Wildman–Crippen LogP) is 4.03. The molecule has 0 radical (unpaired) electrons. The second-order valence-electron chi connectivity index (χ2n) is 7.61. The molecule has 150 valence electrons. The van der Waals surface area contributed by atoms with Crippen molar-refractivity contribution in [2.45, 2.75) is 38.6 Å². The lowest BCUT2D eigenvalue weighted by Crippen LogP contribution is -2.44. The van der Waals surface area contributed by atoms with Gasteiger partial charge >= 0.3 is 6.03 Å². The Morgan fingerprint density at radius 1 is 1.14 bits per heavy atom. The fraction of sp³-hybridized carbons (Fsp3) is 0.318. The van der Waals surface area contributed by atoms with Crippen LogP contribution in [0.3, 0.4) is 0 Å². The number of carbonyl (C=O) groups is 3. The van der Waals surface area contributed by atoms with Gasteiger partial charge in [-0.15, -0.1) is 0 Å². The van der Waals surface area contributed by atoms with Gasteiger partial charge in [0, 0.05) is 16.5 Å². The highest BCUT2D eigenvalue weighted by Crippen LogP contribution is 2.30. The van der Waals surface area contributed by atoms with Crippen LogP contribution >= 0.6 is 0 Å². The summed E-state index contributed by atoms with van der Waals surface area (Å²) >= 11 is 0. The molecular weight excluding hydrogens is 370 g/mol. The molecule has 3 aromatic rings. The van der Waals surface area contributed by atoms with Crippen LogP contribution in [0, 0.1) is 0 Å². The first-order chi connectivity index (χ1) is 13.9. The molecule has 4 rings (SSSR count). The maximum absolute atomic E-state index is 12.7. The Labute approximate surface area is 168 Å². The van der Waals surface area contributed by atoms with Gasteiger partial charge in [-0.2, -0.15) is 0 Å². The zero-order valence-corrected chi connectivity index (χ0v) is 16.5. The number of imide groups is 1. The highest BCUT2D eigenvalue weighted by molar-refractivity contribution is 6.10. The van der Waals surface area contributed by atoms with Gasteiger partial charge in [0.25, 0.3) is 5.91 Å². The standard InChI is InChI=1S/C22H23N3O4/c1-3-4-11-22(2)20(27)25(21(28)24-22)13-19(26)23-14-9-10-18-16(12-14)15-7-5-6-8-17(15)29-18/h5-10,12H,3-4,11,13H2,1-2H3,(H,23,26)(H,24,28)/t22-/m1/s1. The largest absolute Gasteiger partial charge is 0.456 e. The maximum atomic E-state index is 12.7. The molecule has 0 bridgehead atoms.